The van der Waals surface area contributed by atoms with Crippen molar-refractivity contribution < 1.29 is 0 Å². The quantitative estimate of drug-likeness (QED) is 0.887. The van der Waals surface area contributed by atoms with Gasteiger partial charge in [-0.25, -0.2) is 0 Å². The van der Waals surface area contributed by atoms with E-state index >= 15 is 0 Å². The Labute approximate surface area is 121 Å². The van der Waals surface area contributed by atoms with Crippen LogP contribution in [0.4, 0.5) is 0 Å². The molecule has 1 unspecified atom stereocenters. The molecule has 0 aliphatic carbocycles. The standard InChI is InChI=1S/C15H18BrN3/c1-10-14(11-4-2-6-13(16)8-11)18-19-15(10)12-5-3-7-17-9-12/h2,4,6,8,12,17H,3,5,7,9H2,1H3,(H,18,19). The van der Waals surface area contributed by atoms with Crippen LogP contribution in [-0.2, 0) is 0 Å². The number of nitrogens with zero attached hydrogens (tertiary/aromatic N) is 1. The van der Waals surface area contributed by atoms with Gasteiger partial charge in [-0.1, -0.05) is 28.1 Å². The molecule has 0 saturated carbocycles. The molecule has 0 spiro atoms. The van der Waals surface area contributed by atoms with Gasteiger partial charge in [0.05, 0.1) is 5.69 Å². The highest BCUT2D eigenvalue weighted by Gasteiger charge is 2.21. The molecule has 19 heavy (non-hydrogen) atoms. The van der Waals surface area contributed by atoms with Crippen molar-refractivity contribution in [2.75, 3.05) is 13.1 Å². The maximum absolute atomic E-state index is 4.53. The Bertz CT molecular complexity index is 571. The fraction of sp³-hybridized carbons (Fsp3) is 0.400. The Morgan fingerprint density at radius 3 is 3.00 bits per heavy atom. The first kappa shape index (κ1) is 12.9. The maximum Gasteiger partial charge on any atom is 0.0953 e. The zero-order valence-corrected chi connectivity index (χ0v) is 12.6. The number of aromatic amines is 1. The highest BCUT2D eigenvalue weighted by Crippen LogP contribution is 2.31. The third-order valence-electron chi connectivity index (χ3n) is 3.85. The van der Waals surface area contributed by atoms with Crippen LogP contribution in [-0.4, -0.2) is 23.3 Å². The molecule has 2 N–H and O–H groups in total. The van der Waals surface area contributed by atoms with Crippen molar-refractivity contribution in [1.82, 2.24) is 15.5 Å². The minimum absolute atomic E-state index is 0.571. The van der Waals surface area contributed by atoms with E-state index in [1.807, 2.05) is 6.07 Å². The lowest BCUT2D eigenvalue weighted by Crippen LogP contribution is -2.28. The van der Waals surface area contributed by atoms with Crippen molar-refractivity contribution in [3.8, 4) is 11.3 Å². The minimum atomic E-state index is 0.571. The summed E-state index contributed by atoms with van der Waals surface area (Å²) in [5.41, 5.74) is 4.81. The zero-order chi connectivity index (χ0) is 13.2. The van der Waals surface area contributed by atoms with Gasteiger partial charge in [0.2, 0.25) is 0 Å². The fourth-order valence-corrected chi connectivity index (χ4v) is 3.22. The summed E-state index contributed by atoms with van der Waals surface area (Å²) in [5, 5.41) is 11.2. The Balaban J connectivity index is 1.94. The summed E-state index contributed by atoms with van der Waals surface area (Å²) >= 11 is 3.52. The van der Waals surface area contributed by atoms with E-state index in [0.717, 1.165) is 28.8 Å². The molecule has 2 heterocycles. The smallest absolute Gasteiger partial charge is 0.0953 e. The summed E-state index contributed by atoms with van der Waals surface area (Å²) in [5.74, 6) is 0.571. The van der Waals surface area contributed by atoms with Crippen molar-refractivity contribution in [3.63, 3.8) is 0 Å². The van der Waals surface area contributed by atoms with Crippen molar-refractivity contribution >= 4 is 15.9 Å². The van der Waals surface area contributed by atoms with Crippen LogP contribution < -0.4 is 5.32 Å². The van der Waals surface area contributed by atoms with Gasteiger partial charge in [0.15, 0.2) is 0 Å². The molecular formula is C15H18BrN3. The fourth-order valence-electron chi connectivity index (χ4n) is 2.82. The van der Waals surface area contributed by atoms with Crippen LogP contribution >= 0.6 is 15.9 Å². The van der Waals surface area contributed by atoms with Gasteiger partial charge in [-0.05, 0) is 44.0 Å². The molecule has 3 rings (SSSR count). The van der Waals surface area contributed by atoms with Gasteiger partial charge in [0, 0.05) is 28.2 Å². The number of hydrogen-bond acceptors (Lipinski definition) is 2. The second kappa shape index (κ2) is 5.47. The van der Waals surface area contributed by atoms with Crippen LogP contribution in [0.5, 0.6) is 0 Å². The van der Waals surface area contributed by atoms with Crippen LogP contribution in [0.3, 0.4) is 0 Å². The van der Waals surface area contributed by atoms with E-state index in [9.17, 15) is 0 Å². The van der Waals surface area contributed by atoms with E-state index in [-0.39, 0.29) is 0 Å². The lowest BCUT2D eigenvalue weighted by molar-refractivity contribution is 0.453. The number of rotatable bonds is 2. The van der Waals surface area contributed by atoms with E-state index in [4.69, 9.17) is 0 Å². The van der Waals surface area contributed by atoms with Crippen molar-refractivity contribution in [2.24, 2.45) is 0 Å². The molecule has 0 amide bonds. The third kappa shape index (κ3) is 2.60. The van der Waals surface area contributed by atoms with E-state index in [0.29, 0.717) is 5.92 Å². The SMILES string of the molecule is Cc1c(-c2cccc(Br)c2)n[nH]c1C1CCCNC1. The molecule has 0 radical (unpaired) electrons. The predicted molar refractivity (Wildman–Crippen MR) is 81.3 cm³/mol. The summed E-state index contributed by atoms with van der Waals surface area (Å²) in [4.78, 5) is 0. The topological polar surface area (TPSA) is 40.7 Å². The van der Waals surface area contributed by atoms with Crippen molar-refractivity contribution in [2.45, 2.75) is 25.7 Å². The normalized spacial score (nSPS) is 19.6. The van der Waals surface area contributed by atoms with Gasteiger partial charge < -0.3 is 5.32 Å². The van der Waals surface area contributed by atoms with Gasteiger partial charge in [-0.2, -0.15) is 5.10 Å². The van der Waals surface area contributed by atoms with Gasteiger partial charge in [0.1, 0.15) is 0 Å². The molecule has 1 aromatic heterocycles. The van der Waals surface area contributed by atoms with E-state index < -0.39 is 0 Å². The molecule has 3 nitrogen and oxygen atoms in total. The van der Waals surface area contributed by atoms with Crippen LogP contribution in [0, 0.1) is 6.92 Å². The second-order valence-corrected chi connectivity index (χ2v) is 6.08. The predicted octanol–water partition coefficient (Wildman–Crippen LogP) is 3.61. The van der Waals surface area contributed by atoms with E-state index in [1.54, 1.807) is 0 Å². The van der Waals surface area contributed by atoms with Gasteiger partial charge in [-0.3, -0.25) is 5.10 Å². The molecule has 2 aromatic rings. The summed E-state index contributed by atoms with van der Waals surface area (Å²) in [6.07, 6.45) is 2.49. The molecule has 1 aliphatic heterocycles. The Morgan fingerprint density at radius 1 is 1.37 bits per heavy atom. The van der Waals surface area contributed by atoms with Crippen LogP contribution in [0.2, 0.25) is 0 Å². The lowest BCUT2D eigenvalue weighted by Gasteiger charge is -2.22. The maximum atomic E-state index is 4.53. The molecule has 1 saturated heterocycles. The summed E-state index contributed by atoms with van der Waals surface area (Å²) in [6.45, 7) is 4.37. The molecule has 100 valence electrons. The summed E-state index contributed by atoms with van der Waals surface area (Å²) < 4.78 is 1.09. The van der Waals surface area contributed by atoms with Gasteiger partial charge >= 0.3 is 0 Å². The molecular weight excluding hydrogens is 302 g/mol. The van der Waals surface area contributed by atoms with Crippen LogP contribution in [0.1, 0.15) is 30.0 Å². The summed E-state index contributed by atoms with van der Waals surface area (Å²) in [7, 11) is 0. The Kier molecular flexibility index (Phi) is 3.71. The number of hydrogen-bond donors (Lipinski definition) is 2. The van der Waals surface area contributed by atoms with Gasteiger partial charge in [0.25, 0.3) is 0 Å². The molecule has 1 atom stereocenters. The Morgan fingerprint density at radius 2 is 2.26 bits per heavy atom. The number of aromatic nitrogens is 2. The minimum Gasteiger partial charge on any atom is -0.316 e. The first-order valence-corrected chi connectivity index (χ1v) is 7.56. The highest BCUT2D eigenvalue weighted by molar-refractivity contribution is 9.10. The van der Waals surface area contributed by atoms with E-state index in [2.05, 4.69) is 56.6 Å². The number of nitrogens with one attached hydrogen (secondary N) is 2. The van der Waals surface area contributed by atoms with Crippen molar-refractivity contribution in [1.29, 1.82) is 0 Å². The first-order chi connectivity index (χ1) is 9.25. The lowest BCUT2D eigenvalue weighted by atomic mass is 9.92. The molecule has 4 heteroatoms. The average Bonchev–Trinajstić information content (AvgIpc) is 2.81. The van der Waals surface area contributed by atoms with Crippen LogP contribution in [0.25, 0.3) is 11.3 Å². The Hall–Kier alpha value is -1.13. The monoisotopic (exact) mass is 319 g/mol. The highest BCUT2D eigenvalue weighted by atomic mass is 79.9. The first-order valence-electron chi connectivity index (χ1n) is 6.77. The second-order valence-electron chi connectivity index (χ2n) is 5.16. The zero-order valence-electron chi connectivity index (χ0n) is 11.0. The molecule has 1 aliphatic rings. The number of benzene rings is 1. The average molecular weight is 320 g/mol. The number of halogens is 1. The third-order valence-corrected chi connectivity index (χ3v) is 4.34. The largest absolute Gasteiger partial charge is 0.316 e. The molecule has 1 aromatic carbocycles. The van der Waals surface area contributed by atoms with E-state index in [1.165, 1.54) is 24.1 Å². The molecule has 0 bridgehead atoms. The summed E-state index contributed by atoms with van der Waals surface area (Å²) in [6, 6.07) is 8.32. The number of piperidine rings is 1. The van der Waals surface area contributed by atoms with Crippen molar-refractivity contribution in [3.05, 3.63) is 40.0 Å². The molecule has 1 fully saturated rings. The number of H-pyrrole nitrogens is 1. The van der Waals surface area contributed by atoms with Crippen LogP contribution in [0.15, 0.2) is 28.7 Å². The van der Waals surface area contributed by atoms with Gasteiger partial charge in [-0.15, -0.1) is 0 Å².